The van der Waals surface area contributed by atoms with Crippen molar-refractivity contribution >= 4 is 0 Å². The smallest absolute Gasteiger partial charge is 0.0629 e. The van der Waals surface area contributed by atoms with Crippen LogP contribution < -0.4 is 5.73 Å². The summed E-state index contributed by atoms with van der Waals surface area (Å²) in [5, 5.41) is 4.74. The summed E-state index contributed by atoms with van der Waals surface area (Å²) in [6.07, 6.45) is 7.30. The highest BCUT2D eigenvalue weighted by molar-refractivity contribution is 5.26. The molecule has 1 saturated carbocycles. The van der Waals surface area contributed by atoms with E-state index in [9.17, 15) is 0 Å². The van der Waals surface area contributed by atoms with Gasteiger partial charge in [-0.05, 0) is 45.1 Å². The summed E-state index contributed by atoms with van der Waals surface area (Å²) in [5.74, 6) is 0. The molecule has 0 aliphatic heterocycles. The molecule has 3 heteroatoms. The second-order valence-corrected chi connectivity index (χ2v) is 5.40. The molecule has 3 nitrogen and oxygen atoms in total. The van der Waals surface area contributed by atoms with Crippen molar-refractivity contribution < 1.29 is 0 Å². The molecule has 0 spiro atoms. The highest BCUT2D eigenvalue weighted by atomic mass is 15.3. The third-order valence-corrected chi connectivity index (χ3v) is 4.14. The minimum Gasteiger partial charge on any atom is -0.327 e. The van der Waals surface area contributed by atoms with Crippen molar-refractivity contribution in [1.82, 2.24) is 9.78 Å². The van der Waals surface area contributed by atoms with Gasteiger partial charge >= 0.3 is 0 Å². The summed E-state index contributed by atoms with van der Waals surface area (Å²) in [4.78, 5) is 0. The highest BCUT2D eigenvalue weighted by Crippen LogP contribution is 2.31. The van der Waals surface area contributed by atoms with Crippen molar-refractivity contribution in [1.29, 1.82) is 0 Å². The summed E-state index contributed by atoms with van der Waals surface area (Å²) >= 11 is 0. The van der Waals surface area contributed by atoms with Gasteiger partial charge in [-0.15, -0.1) is 0 Å². The zero-order chi connectivity index (χ0) is 12.4. The third kappa shape index (κ3) is 2.54. The van der Waals surface area contributed by atoms with E-state index in [-0.39, 0.29) is 6.04 Å². The van der Waals surface area contributed by atoms with Crippen LogP contribution in [0.1, 0.15) is 62.0 Å². The molecule has 0 bridgehead atoms. The molecular formula is C14H25N3. The van der Waals surface area contributed by atoms with Gasteiger partial charge in [0.2, 0.25) is 0 Å². The maximum Gasteiger partial charge on any atom is 0.0629 e. The Balaban J connectivity index is 2.21. The largest absolute Gasteiger partial charge is 0.327 e. The number of hydrogen-bond donors (Lipinski definition) is 1. The molecule has 1 unspecified atom stereocenters. The zero-order valence-electron chi connectivity index (χ0n) is 11.4. The molecule has 1 aromatic heterocycles. The van der Waals surface area contributed by atoms with Gasteiger partial charge in [0.1, 0.15) is 0 Å². The molecule has 96 valence electrons. The Labute approximate surface area is 104 Å². The van der Waals surface area contributed by atoms with Crippen LogP contribution in [-0.4, -0.2) is 15.8 Å². The fourth-order valence-corrected chi connectivity index (χ4v) is 2.90. The third-order valence-electron chi connectivity index (χ3n) is 4.14. The van der Waals surface area contributed by atoms with Gasteiger partial charge in [0.05, 0.1) is 11.7 Å². The lowest BCUT2D eigenvalue weighted by Crippen LogP contribution is -2.22. The summed E-state index contributed by atoms with van der Waals surface area (Å²) in [5.41, 5.74) is 9.97. The van der Waals surface area contributed by atoms with Crippen LogP contribution in [0.2, 0.25) is 0 Å². The molecule has 1 heterocycles. The fraction of sp³-hybridized carbons (Fsp3) is 0.786. The molecule has 1 aliphatic rings. The van der Waals surface area contributed by atoms with Crippen LogP contribution in [0.4, 0.5) is 0 Å². The second-order valence-electron chi connectivity index (χ2n) is 5.40. The van der Waals surface area contributed by atoms with Crippen molar-refractivity contribution in [3.05, 3.63) is 17.0 Å². The number of nitrogens with zero attached hydrogens (tertiary/aromatic N) is 2. The Morgan fingerprint density at radius 1 is 1.35 bits per heavy atom. The van der Waals surface area contributed by atoms with Crippen molar-refractivity contribution in [3.8, 4) is 0 Å². The number of aryl methyl sites for hydroxylation is 1. The zero-order valence-corrected chi connectivity index (χ0v) is 11.4. The van der Waals surface area contributed by atoms with Crippen LogP contribution in [0.25, 0.3) is 0 Å². The van der Waals surface area contributed by atoms with Gasteiger partial charge in [-0.25, -0.2) is 0 Å². The Hall–Kier alpha value is -0.830. The van der Waals surface area contributed by atoms with Crippen LogP contribution in [0.15, 0.2) is 0 Å². The Kier molecular flexibility index (Phi) is 3.87. The molecule has 2 N–H and O–H groups in total. The van der Waals surface area contributed by atoms with Crippen molar-refractivity contribution in [2.45, 2.75) is 71.4 Å². The first kappa shape index (κ1) is 12.6. The molecule has 1 aliphatic carbocycles. The average Bonchev–Trinajstić information content (AvgIpc) is 2.92. The minimum atomic E-state index is 0.272. The van der Waals surface area contributed by atoms with Crippen LogP contribution >= 0.6 is 0 Å². The summed E-state index contributed by atoms with van der Waals surface area (Å²) in [6.45, 7) is 6.48. The average molecular weight is 235 g/mol. The lowest BCUT2D eigenvalue weighted by molar-refractivity contribution is 0.454. The van der Waals surface area contributed by atoms with Crippen molar-refractivity contribution in [2.75, 3.05) is 0 Å². The first-order valence-corrected chi connectivity index (χ1v) is 6.93. The number of nitrogens with two attached hydrogens (primary N) is 1. The van der Waals surface area contributed by atoms with E-state index in [2.05, 4.69) is 25.5 Å². The quantitative estimate of drug-likeness (QED) is 0.872. The van der Waals surface area contributed by atoms with E-state index in [0.717, 1.165) is 12.8 Å². The Morgan fingerprint density at radius 3 is 2.59 bits per heavy atom. The standard InChI is InChI=1S/C14H25N3/c1-4-12(15)9-14-10(2)16-17(11(14)3)13-7-5-6-8-13/h12-13H,4-9,15H2,1-3H3. The minimum absolute atomic E-state index is 0.272. The first-order chi connectivity index (χ1) is 8.13. The summed E-state index contributed by atoms with van der Waals surface area (Å²) in [7, 11) is 0. The van der Waals surface area contributed by atoms with Crippen LogP contribution in [0, 0.1) is 13.8 Å². The molecular weight excluding hydrogens is 210 g/mol. The molecule has 0 radical (unpaired) electrons. The summed E-state index contributed by atoms with van der Waals surface area (Å²) < 4.78 is 2.26. The fourth-order valence-electron chi connectivity index (χ4n) is 2.90. The second kappa shape index (κ2) is 5.21. The van der Waals surface area contributed by atoms with E-state index < -0.39 is 0 Å². The number of hydrogen-bond acceptors (Lipinski definition) is 2. The van der Waals surface area contributed by atoms with Crippen LogP contribution in [-0.2, 0) is 6.42 Å². The van der Waals surface area contributed by atoms with Gasteiger partial charge in [-0.1, -0.05) is 19.8 Å². The molecule has 1 aromatic rings. The lowest BCUT2D eigenvalue weighted by atomic mass is 10.0. The van der Waals surface area contributed by atoms with Gasteiger partial charge in [-0.3, -0.25) is 4.68 Å². The topological polar surface area (TPSA) is 43.8 Å². The molecule has 17 heavy (non-hydrogen) atoms. The maximum absolute atomic E-state index is 6.07. The monoisotopic (exact) mass is 235 g/mol. The van der Waals surface area contributed by atoms with Gasteiger partial charge in [-0.2, -0.15) is 5.10 Å². The van der Waals surface area contributed by atoms with E-state index >= 15 is 0 Å². The van der Waals surface area contributed by atoms with E-state index in [0.29, 0.717) is 6.04 Å². The Morgan fingerprint density at radius 2 is 2.00 bits per heavy atom. The molecule has 2 rings (SSSR count). The van der Waals surface area contributed by atoms with E-state index in [1.165, 1.54) is 42.6 Å². The van der Waals surface area contributed by atoms with Gasteiger partial charge < -0.3 is 5.73 Å². The van der Waals surface area contributed by atoms with Gasteiger partial charge in [0, 0.05) is 11.7 Å². The first-order valence-electron chi connectivity index (χ1n) is 6.93. The SMILES string of the molecule is CCC(N)Cc1c(C)nn(C2CCCC2)c1C. The number of aromatic nitrogens is 2. The van der Waals surface area contributed by atoms with Gasteiger partial charge in [0.15, 0.2) is 0 Å². The molecule has 1 atom stereocenters. The molecule has 1 fully saturated rings. The predicted molar refractivity (Wildman–Crippen MR) is 71.2 cm³/mol. The van der Waals surface area contributed by atoms with Gasteiger partial charge in [0.25, 0.3) is 0 Å². The van der Waals surface area contributed by atoms with Crippen LogP contribution in [0.5, 0.6) is 0 Å². The van der Waals surface area contributed by atoms with E-state index in [1.807, 2.05) is 0 Å². The van der Waals surface area contributed by atoms with Crippen molar-refractivity contribution in [3.63, 3.8) is 0 Å². The van der Waals surface area contributed by atoms with Crippen molar-refractivity contribution in [2.24, 2.45) is 5.73 Å². The van der Waals surface area contributed by atoms with E-state index in [1.54, 1.807) is 0 Å². The predicted octanol–water partition coefficient (Wildman–Crippen LogP) is 2.89. The number of rotatable bonds is 4. The highest BCUT2D eigenvalue weighted by Gasteiger charge is 2.22. The molecule has 0 amide bonds. The molecule has 0 aromatic carbocycles. The lowest BCUT2D eigenvalue weighted by Gasteiger charge is -2.13. The maximum atomic E-state index is 6.07. The Bertz CT molecular complexity index is 375. The normalized spacial score (nSPS) is 18.8. The van der Waals surface area contributed by atoms with E-state index in [4.69, 9.17) is 10.8 Å². The molecule has 0 saturated heterocycles. The van der Waals surface area contributed by atoms with Crippen LogP contribution in [0.3, 0.4) is 0 Å². The summed E-state index contributed by atoms with van der Waals surface area (Å²) in [6, 6.07) is 0.911.